The Morgan fingerprint density at radius 3 is 2.55 bits per heavy atom. The van der Waals surface area contributed by atoms with Gasteiger partial charge in [0, 0.05) is 7.11 Å². The van der Waals surface area contributed by atoms with E-state index in [4.69, 9.17) is 4.74 Å². The number of halogens is 1. The zero-order valence-electron chi connectivity index (χ0n) is 12.8. The summed E-state index contributed by atoms with van der Waals surface area (Å²) >= 11 is 0. The summed E-state index contributed by atoms with van der Waals surface area (Å²) in [5.74, 6) is 1.41. The monoisotopic (exact) mass is 304 g/mol. The van der Waals surface area contributed by atoms with Crippen LogP contribution in [0, 0.1) is 5.82 Å². The molecule has 1 aromatic heterocycles. The summed E-state index contributed by atoms with van der Waals surface area (Å²) in [5.41, 5.74) is 1.01. The second-order valence-electron chi connectivity index (χ2n) is 5.64. The molecule has 0 spiro atoms. The maximum Gasteiger partial charge on any atom is 0.176 e. The number of hydrogen-bond donors (Lipinski definition) is 0. The topological polar surface area (TPSA) is 43.2 Å². The van der Waals surface area contributed by atoms with Gasteiger partial charge in [0.2, 0.25) is 0 Å². The van der Waals surface area contributed by atoms with E-state index in [2.05, 4.69) is 15.0 Å². The molecule has 22 heavy (non-hydrogen) atoms. The van der Waals surface area contributed by atoms with Gasteiger partial charge in [-0.2, -0.15) is 5.10 Å². The summed E-state index contributed by atoms with van der Waals surface area (Å²) in [6, 6.07) is 6.52. The maximum absolute atomic E-state index is 13.0. The number of nitrogens with zero attached hydrogens (tertiary/aromatic N) is 4. The van der Waals surface area contributed by atoms with Crippen molar-refractivity contribution in [1.29, 1.82) is 0 Å². The first-order valence-electron chi connectivity index (χ1n) is 7.63. The number of likely N-dealkylation sites (tertiary alicyclic amines) is 1. The molecule has 1 aliphatic heterocycles. The van der Waals surface area contributed by atoms with E-state index < -0.39 is 0 Å². The first-order chi connectivity index (χ1) is 10.7. The molecule has 0 unspecified atom stereocenters. The molecule has 5 nitrogen and oxygen atoms in total. The fourth-order valence-electron chi connectivity index (χ4n) is 2.76. The van der Waals surface area contributed by atoms with E-state index >= 15 is 0 Å². The molecule has 2 aromatic rings. The third kappa shape index (κ3) is 3.69. The number of rotatable bonds is 6. The van der Waals surface area contributed by atoms with Gasteiger partial charge in [0.1, 0.15) is 18.2 Å². The molecular formula is C16H21FN4O. The maximum atomic E-state index is 13.0. The van der Waals surface area contributed by atoms with E-state index in [0.29, 0.717) is 19.0 Å². The Kier molecular flexibility index (Phi) is 4.80. The van der Waals surface area contributed by atoms with E-state index in [0.717, 1.165) is 31.0 Å². The molecule has 1 aliphatic rings. The van der Waals surface area contributed by atoms with E-state index in [-0.39, 0.29) is 5.82 Å². The fourth-order valence-corrected chi connectivity index (χ4v) is 2.76. The van der Waals surface area contributed by atoms with Crippen molar-refractivity contribution in [3.05, 3.63) is 47.3 Å². The van der Waals surface area contributed by atoms with Crippen molar-refractivity contribution < 1.29 is 9.13 Å². The molecular weight excluding hydrogens is 283 g/mol. The zero-order chi connectivity index (χ0) is 15.4. The van der Waals surface area contributed by atoms with Crippen LogP contribution in [-0.4, -0.2) is 39.9 Å². The summed E-state index contributed by atoms with van der Waals surface area (Å²) < 4.78 is 20.1. The fraction of sp³-hybridized carbons (Fsp3) is 0.500. The summed E-state index contributed by atoms with van der Waals surface area (Å²) in [7, 11) is 1.64. The molecule has 1 aromatic carbocycles. The smallest absolute Gasteiger partial charge is 0.176 e. The minimum Gasteiger partial charge on any atom is -0.377 e. The highest BCUT2D eigenvalue weighted by Crippen LogP contribution is 2.13. The third-order valence-corrected chi connectivity index (χ3v) is 3.87. The van der Waals surface area contributed by atoms with Gasteiger partial charge in [-0.1, -0.05) is 12.1 Å². The molecule has 0 bridgehead atoms. The first-order valence-corrected chi connectivity index (χ1v) is 7.63. The Balaban J connectivity index is 1.78. The molecule has 1 fully saturated rings. The van der Waals surface area contributed by atoms with E-state index in [1.54, 1.807) is 19.2 Å². The standard InChI is InChI=1S/C16H21FN4O/c1-22-12-15-18-16(11-20-8-2-3-9-20)21(19-15)10-13-4-6-14(17)7-5-13/h4-7H,2-3,8-12H2,1H3. The van der Waals surface area contributed by atoms with Gasteiger partial charge in [-0.25, -0.2) is 14.1 Å². The van der Waals surface area contributed by atoms with Crippen LogP contribution in [0.4, 0.5) is 4.39 Å². The van der Waals surface area contributed by atoms with Crippen LogP contribution in [0.2, 0.25) is 0 Å². The van der Waals surface area contributed by atoms with E-state index in [1.165, 1.54) is 25.0 Å². The van der Waals surface area contributed by atoms with Gasteiger partial charge in [-0.15, -0.1) is 0 Å². The predicted octanol–water partition coefficient (Wildman–Crippen LogP) is 2.21. The molecule has 0 aliphatic carbocycles. The average molecular weight is 304 g/mol. The highest BCUT2D eigenvalue weighted by atomic mass is 19.1. The Hall–Kier alpha value is -1.79. The molecule has 0 atom stereocenters. The van der Waals surface area contributed by atoms with Crippen LogP contribution in [0.25, 0.3) is 0 Å². The number of methoxy groups -OCH3 is 1. The van der Waals surface area contributed by atoms with Crippen LogP contribution in [0.15, 0.2) is 24.3 Å². The van der Waals surface area contributed by atoms with Crippen molar-refractivity contribution in [2.24, 2.45) is 0 Å². The lowest BCUT2D eigenvalue weighted by Crippen LogP contribution is -2.21. The Morgan fingerprint density at radius 1 is 1.14 bits per heavy atom. The summed E-state index contributed by atoms with van der Waals surface area (Å²) in [4.78, 5) is 6.98. The minimum atomic E-state index is -0.222. The molecule has 1 saturated heterocycles. The number of ether oxygens (including phenoxy) is 1. The second kappa shape index (κ2) is 6.98. The molecule has 2 heterocycles. The molecule has 118 valence electrons. The third-order valence-electron chi connectivity index (χ3n) is 3.87. The van der Waals surface area contributed by atoms with Gasteiger partial charge >= 0.3 is 0 Å². The lowest BCUT2D eigenvalue weighted by molar-refractivity contribution is 0.177. The van der Waals surface area contributed by atoms with Gasteiger partial charge in [0.15, 0.2) is 5.82 Å². The van der Waals surface area contributed by atoms with Crippen molar-refractivity contribution >= 4 is 0 Å². The van der Waals surface area contributed by atoms with Crippen LogP contribution in [0.1, 0.15) is 30.1 Å². The lowest BCUT2D eigenvalue weighted by Gasteiger charge is -2.14. The highest BCUT2D eigenvalue weighted by molar-refractivity contribution is 5.16. The van der Waals surface area contributed by atoms with Crippen molar-refractivity contribution in [2.75, 3.05) is 20.2 Å². The summed E-state index contributed by atoms with van der Waals surface area (Å²) in [6.07, 6.45) is 2.49. The minimum absolute atomic E-state index is 0.222. The number of hydrogen-bond acceptors (Lipinski definition) is 4. The molecule has 3 rings (SSSR count). The summed E-state index contributed by atoms with van der Waals surface area (Å²) in [6.45, 7) is 4.04. The van der Waals surface area contributed by atoms with Gasteiger partial charge in [-0.05, 0) is 43.6 Å². The van der Waals surface area contributed by atoms with Gasteiger partial charge < -0.3 is 4.74 Å². The quantitative estimate of drug-likeness (QED) is 0.820. The second-order valence-corrected chi connectivity index (χ2v) is 5.64. The Bertz CT molecular complexity index is 605. The van der Waals surface area contributed by atoms with Gasteiger partial charge in [0.05, 0.1) is 13.1 Å². The molecule has 0 amide bonds. The SMILES string of the molecule is COCc1nc(CN2CCCC2)n(Cc2ccc(F)cc2)n1. The summed E-state index contributed by atoms with van der Waals surface area (Å²) in [5, 5.41) is 4.52. The Morgan fingerprint density at radius 2 is 1.86 bits per heavy atom. The first kappa shape index (κ1) is 15.1. The van der Waals surface area contributed by atoms with Crippen molar-refractivity contribution in [3.63, 3.8) is 0 Å². The van der Waals surface area contributed by atoms with Crippen LogP contribution in [0.3, 0.4) is 0 Å². The van der Waals surface area contributed by atoms with Crippen molar-refractivity contribution in [2.45, 2.75) is 32.5 Å². The van der Waals surface area contributed by atoms with Crippen LogP contribution >= 0.6 is 0 Å². The predicted molar refractivity (Wildman–Crippen MR) is 80.7 cm³/mol. The molecule has 0 N–H and O–H groups in total. The van der Waals surface area contributed by atoms with E-state index in [9.17, 15) is 4.39 Å². The average Bonchev–Trinajstić information content (AvgIpc) is 3.13. The van der Waals surface area contributed by atoms with Crippen LogP contribution in [-0.2, 0) is 24.4 Å². The van der Waals surface area contributed by atoms with Crippen molar-refractivity contribution in [1.82, 2.24) is 19.7 Å². The molecule has 0 radical (unpaired) electrons. The Labute approximate surface area is 129 Å². The molecule has 0 saturated carbocycles. The zero-order valence-corrected chi connectivity index (χ0v) is 12.8. The molecule has 6 heteroatoms. The number of benzene rings is 1. The van der Waals surface area contributed by atoms with Gasteiger partial charge in [0.25, 0.3) is 0 Å². The normalized spacial score (nSPS) is 15.5. The highest BCUT2D eigenvalue weighted by Gasteiger charge is 2.17. The van der Waals surface area contributed by atoms with Crippen LogP contribution < -0.4 is 0 Å². The van der Waals surface area contributed by atoms with Crippen LogP contribution in [0.5, 0.6) is 0 Å². The van der Waals surface area contributed by atoms with E-state index in [1.807, 2.05) is 4.68 Å². The van der Waals surface area contributed by atoms with Gasteiger partial charge in [-0.3, -0.25) is 4.90 Å². The number of aromatic nitrogens is 3. The lowest BCUT2D eigenvalue weighted by atomic mass is 10.2. The largest absolute Gasteiger partial charge is 0.377 e. The van der Waals surface area contributed by atoms with Crippen molar-refractivity contribution in [3.8, 4) is 0 Å².